The fourth-order valence-electron chi connectivity index (χ4n) is 1.60. The van der Waals surface area contributed by atoms with Crippen LogP contribution in [0.5, 0.6) is 0 Å². The molecule has 1 aromatic heterocycles. The Hall–Kier alpha value is -1.99. The Kier molecular flexibility index (Phi) is 3.74. The fourth-order valence-corrected chi connectivity index (χ4v) is 2.90. The molecule has 0 saturated heterocycles. The molecule has 0 radical (unpaired) electrons. The van der Waals surface area contributed by atoms with Crippen molar-refractivity contribution < 1.29 is 18.3 Å². The van der Waals surface area contributed by atoms with Crippen LogP contribution in [0.15, 0.2) is 41.6 Å². The Morgan fingerprint density at radius 2 is 2.05 bits per heavy atom. The van der Waals surface area contributed by atoms with Crippen LogP contribution in [0.25, 0.3) is 0 Å². The molecule has 6 nitrogen and oxygen atoms in total. The minimum atomic E-state index is -3.75. The minimum absolute atomic E-state index is 0.0418. The number of anilines is 1. The molecular formula is C12H11ClN2O4S. The molecule has 0 spiro atoms. The van der Waals surface area contributed by atoms with Gasteiger partial charge in [-0.1, -0.05) is 11.6 Å². The average molecular weight is 315 g/mol. The van der Waals surface area contributed by atoms with Gasteiger partial charge in [0.25, 0.3) is 10.0 Å². The standard InChI is InChI=1S/C12H11ClN2O4S/c1-15-5-4-9(7-15)20(18,19)14-8-2-3-11(13)10(6-8)12(16)17/h2-7,14H,1H3,(H,16,17). The van der Waals surface area contributed by atoms with E-state index in [1.54, 1.807) is 17.8 Å². The van der Waals surface area contributed by atoms with Crippen LogP contribution >= 0.6 is 11.6 Å². The number of carboxylic acids is 1. The lowest BCUT2D eigenvalue weighted by molar-refractivity contribution is 0.0697. The van der Waals surface area contributed by atoms with E-state index in [-0.39, 0.29) is 21.2 Å². The molecular weight excluding hydrogens is 304 g/mol. The highest BCUT2D eigenvalue weighted by atomic mass is 35.5. The third-order valence-electron chi connectivity index (χ3n) is 2.56. The third kappa shape index (κ3) is 2.94. The molecule has 2 aromatic rings. The summed E-state index contributed by atoms with van der Waals surface area (Å²) in [6, 6.07) is 5.34. The second-order valence-electron chi connectivity index (χ2n) is 4.12. The van der Waals surface area contributed by atoms with E-state index >= 15 is 0 Å². The van der Waals surface area contributed by atoms with Gasteiger partial charge in [-0.25, -0.2) is 13.2 Å². The Balaban J connectivity index is 2.35. The van der Waals surface area contributed by atoms with Crippen molar-refractivity contribution in [1.29, 1.82) is 0 Å². The molecule has 0 bridgehead atoms. The molecule has 2 rings (SSSR count). The van der Waals surface area contributed by atoms with Crippen LogP contribution in [0.1, 0.15) is 10.4 Å². The maximum atomic E-state index is 12.1. The van der Waals surface area contributed by atoms with Gasteiger partial charge in [-0.15, -0.1) is 0 Å². The van der Waals surface area contributed by atoms with E-state index in [1.165, 1.54) is 30.5 Å². The summed E-state index contributed by atoms with van der Waals surface area (Å²) in [4.78, 5) is 11.0. The molecule has 8 heteroatoms. The largest absolute Gasteiger partial charge is 0.478 e. The van der Waals surface area contributed by atoms with Crippen molar-refractivity contribution in [3.05, 3.63) is 47.2 Å². The minimum Gasteiger partial charge on any atom is -0.478 e. The first-order valence-electron chi connectivity index (χ1n) is 5.47. The normalized spacial score (nSPS) is 11.3. The first kappa shape index (κ1) is 14.4. The zero-order chi connectivity index (χ0) is 14.9. The summed E-state index contributed by atoms with van der Waals surface area (Å²) in [6.07, 6.45) is 3.04. The SMILES string of the molecule is Cn1ccc(S(=O)(=O)Nc2ccc(Cl)c(C(=O)O)c2)c1. The van der Waals surface area contributed by atoms with Gasteiger partial charge < -0.3 is 9.67 Å². The van der Waals surface area contributed by atoms with E-state index in [0.717, 1.165) is 0 Å². The fraction of sp³-hybridized carbons (Fsp3) is 0.0833. The molecule has 106 valence electrons. The van der Waals surface area contributed by atoms with Gasteiger partial charge in [0.05, 0.1) is 10.6 Å². The van der Waals surface area contributed by atoms with Crippen molar-refractivity contribution in [2.75, 3.05) is 4.72 Å². The van der Waals surface area contributed by atoms with Crippen LogP contribution in [0.4, 0.5) is 5.69 Å². The highest BCUT2D eigenvalue weighted by Gasteiger charge is 2.17. The number of aryl methyl sites for hydroxylation is 1. The van der Waals surface area contributed by atoms with Crippen molar-refractivity contribution in [1.82, 2.24) is 4.57 Å². The monoisotopic (exact) mass is 314 g/mol. The van der Waals surface area contributed by atoms with Gasteiger partial charge in [0, 0.05) is 25.1 Å². The number of benzene rings is 1. The van der Waals surface area contributed by atoms with Gasteiger partial charge in [-0.3, -0.25) is 4.72 Å². The van der Waals surface area contributed by atoms with E-state index in [1.807, 2.05) is 0 Å². The van der Waals surface area contributed by atoms with Gasteiger partial charge >= 0.3 is 5.97 Å². The topological polar surface area (TPSA) is 88.4 Å². The van der Waals surface area contributed by atoms with Gasteiger partial charge in [0.1, 0.15) is 4.90 Å². The van der Waals surface area contributed by atoms with Crippen LogP contribution < -0.4 is 4.72 Å². The van der Waals surface area contributed by atoms with Crippen LogP contribution in [-0.2, 0) is 17.1 Å². The van der Waals surface area contributed by atoms with Crippen LogP contribution in [0, 0.1) is 0 Å². The number of carbonyl (C=O) groups is 1. The van der Waals surface area contributed by atoms with Crippen LogP contribution in [-0.4, -0.2) is 24.1 Å². The number of halogens is 1. The van der Waals surface area contributed by atoms with Gasteiger partial charge in [-0.2, -0.15) is 0 Å². The number of nitrogens with zero attached hydrogens (tertiary/aromatic N) is 1. The molecule has 1 aromatic carbocycles. The molecule has 0 fully saturated rings. The first-order chi connectivity index (χ1) is 9.29. The number of rotatable bonds is 4. The van der Waals surface area contributed by atoms with Crippen molar-refractivity contribution in [3.63, 3.8) is 0 Å². The van der Waals surface area contributed by atoms with Crippen molar-refractivity contribution in [2.45, 2.75) is 4.90 Å². The molecule has 0 aliphatic carbocycles. The number of aromatic nitrogens is 1. The van der Waals surface area contributed by atoms with E-state index in [9.17, 15) is 13.2 Å². The lowest BCUT2D eigenvalue weighted by Gasteiger charge is -2.08. The first-order valence-corrected chi connectivity index (χ1v) is 7.33. The molecule has 0 aliphatic heterocycles. The molecule has 2 N–H and O–H groups in total. The summed E-state index contributed by atoms with van der Waals surface area (Å²) >= 11 is 5.72. The molecule has 0 amide bonds. The smallest absolute Gasteiger partial charge is 0.337 e. The molecule has 20 heavy (non-hydrogen) atoms. The summed E-state index contributed by atoms with van der Waals surface area (Å²) in [5.74, 6) is -1.23. The highest BCUT2D eigenvalue weighted by molar-refractivity contribution is 7.92. The van der Waals surface area contributed by atoms with E-state index in [4.69, 9.17) is 16.7 Å². The maximum absolute atomic E-state index is 12.1. The number of hydrogen-bond acceptors (Lipinski definition) is 3. The van der Waals surface area contributed by atoms with Gasteiger partial charge in [-0.05, 0) is 24.3 Å². The van der Waals surface area contributed by atoms with E-state index in [0.29, 0.717) is 0 Å². The lowest BCUT2D eigenvalue weighted by atomic mass is 10.2. The van der Waals surface area contributed by atoms with Crippen molar-refractivity contribution >= 4 is 33.3 Å². The number of sulfonamides is 1. The van der Waals surface area contributed by atoms with E-state index < -0.39 is 16.0 Å². The van der Waals surface area contributed by atoms with E-state index in [2.05, 4.69) is 4.72 Å². The zero-order valence-corrected chi connectivity index (χ0v) is 11.9. The van der Waals surface area contributed by atoms with Crippen molar-refractivity contribution in [3.8, 4) is 0 Å². The Morgan fingerprint density at radius 3 is 2.60 bits per heavy atom. The Bertz CT molecular complexity index is 768. The summed E-state index contributed by atoms with van der Waals surface area (Å²) in [7, 11) is -2.06. The molecule has 0 unspecified atom stereocenters. The van der Waals surface area contributed by atoms with Crippen molar-refractivity contribution in [2.24, 2.45) is 7.05 Å². The predicted molar refractivity (Wildman–Crippen MR) is 74.6 cm³/mol. The predicted octanol–water partition coefficient (Wildman–Crippen LogP) is 2.18. The lowest BCUT2D eigenvalue weighted by Crippen LogP contribution is -2.13. The Morgan fingerprint density at radius 1 is 1.35 bits per heavy atom. The summed E-state index contributed by atoms with van der Waals surface area (Å²) in [6.45, 7) is 0. The second kappa shape index (κ2) is 5.18. The Labute approximate surface area is 120 Å². The van der Waals surface area contributed by atoms with Gasteiger partial charge in [0.15, 0.2) is 0 Å². The quantitative estimate of drug-likeness (QED) is 0.905. The van der Waals surface area contributed by atoms with Crippen LogP contribution in [0.2, 0.25) is 5.02 Å². The van der Waals surface area contributed by atoms with Gasteiger partial charge in [0.2, 0.25) is 0 Å². The number of hydrogen-bond donors (Lipinski definition) is 2. The molecule has 0 aliphatic rings. The zero-order valence-electron chi connectivity index (χ0n) is 10.4. The number of carboxylic acid groups (broad SMARTS) is 1. The average Bonchev–Trinajstić information content (AvgIpc) is 2.78. The number of aromatic carboxylic acids is 1. The summed E-state index contributed by atoms with van der Waals surface area (Å²) in [5, 5.41) is 8.99. The maximum Gasteiger partial charge on any atom is 0.337 e. The third-order valence-corrected chi connectivity index (χ3v) is 4.26. The number of nitrogens with one attached hydrogen (secondary N) is 1. The molecule has 0 saturated carbocycles. The summed E-state index contributed by atoms with van der Waals surface area (Å²) < 4.78 is 28.1. The van der Waals surface area contributed by atoms with Crippen LogP contribution in [0.3, 0.4) is 0 Å². The highest BCUT2D eigenvalue weighted by Crippen LogP contribution is 2.23. The summed E-state index contributed by atoms with van der Waals surface area (Å²) in [5.41, 5.74) is -0.0319. The molecule has 0 atom stereocenters. The molecule has 1 heterocycles. The second-order valence-corrected chi connectivity index (χ2v) is 6.21.